The van der Waals surface area contributed by atoms with E-state index in [4.69, 9.17) is 4.74 Å². The van der Waals surface area contributed by atoms with Crippen molar-refractivity contribution in [2.24, 2.45) is 5.41 Å². The molecule has 0 saturated carbocycles. The third kappa shape index (κ3) is 4.23. The second kappa shape index (κ2) is 8.86. The monoisotopic (exact) mass is 432 g/mol. The number of pyridine rings is 1. The van der Waals surface area contributed by atoms with Crippen molar-refractivity contribution in [1.29, 1.82) is 0 Å². The average molecular weight is 432 g/mol. The van der Waals surface area contributed by atoms with Crippen LogP contribution in [-0.2, 0) is 0 Å². The molecule has 2 aromatic heterocycles. The molecular formula is C25H25FN4O2. The molecule has 1 N–H and O–H groups in total. The SMILES string of the molecule is CC[C@@]1(C)C=CC/C(=C\c2cnc(-c3ccc(-c4ccnc(OC)c4)cc3O)nn2)[C@H]1F. The molecule has 0 bridgehead atoms. The molecule has 32 heavy (non-hydrogen) atoms. The largest absolute Gasteiger partial charge is 0.507 e. The highest BCUT2D eigenvalue weighted by atomic mass is 19.1. The van der Waals surface area contributed by atoms with Gasteiger partial charge in [-0.15, -0.1) is 10.2 Å². The molecule has 3 aromatic rings. The Bertz CT molecular complexity index is 1180. The normalized spacial score (nSPS) is 21.6. The first-order valence-electron chi connectivity index (χ1n) is 10.5. The third-order valence-corrected chi connectivity index (χ3v) is 5.95. The first-order chi connectivity index (χ1) is 15.4. The molecule has 1 aromatic carbocycles. The number of aromatic hydroxyl groups is 1. The summed E-state index contributed by atoms with van der Waals surface area (Å²) in [4.78, 5) is 8.43. The number of rotatable bonds is 5. The highest BCUT2D eigenvalue weighted by Crippen LogP contribution is 2.40. The summed E-state index contributed by atoms with van der Waals surface area (Å²) in [6.07, 6.45) is 9.05. The van der Waals surface area contributed by atoms with Crippen molar-refractivity contribution in [3.8, 4) is 34.1 Å². The molecule has 0 aliphatic heterocycles. The number of ether oxygens (including phenoxy) is 1. The third-order valence-electron chi connectivity index (χ3n) is 5.95. The van der Waals surface area contributed by atoms with Crippen LogP contribution < -0.4 is 4.74 Å². The average Bonchev–Trinajstić information content (AvgIpc) is 2.82. The highest BCUT2D eigenvalue weighted by molar-refractivity contribution is 5.73. The molecular weight excluding hydrogens is 407 g/mol. The van der Waals surface area contributed by atoms with Gasteiger partial charge < -0.3 is 9.84 Å². The number of nitrogens with zero attached hydrogens (tertiary/aromatic N) is 4. The molecule has 2 atom stereocenters. The molecule has 4 rings (SSSR count). The zero-order valence-electron chi connectivity index (χ0n) is 18.3. The summed E-state index contributed by atoms with van der Waals surface area (Å²) in [5, 5.41) is 18.9. The van der Waals surface area contributed by atoms with E-state index in [2.05, 4.69) is 20.2 Å². The van der Waals surface area contributed by atoms with E-state index in [-0.39, 0.29) is 5.75 Å². The molecule has 0 spiro atoms. The van der Waals surface area contributed by atoms with Gasteiger partial charge in [0.1, 0.15) is 17.6 Å². The lowest BCUT2D eigenvalue weighted by Crippen LogP contribution is -2.30. The molecule has 0 saturated heterocycles. The van der Waals surface area contributed by atoms with Gasteiger partial charge in [0.05, 0.1) is 18.9 Å². The Balaban J connectivity index is 1.57. The highest BCUT2D eigenvalue weighted by Gasteiger charge is 2.35. The van der Waals surface area contributed by atoms with Crippen LogP contribution in [-0.4, -0.2) is 38.6 Å². The summed E-state index contributed by atoms with van der Waals surface area (Å²) >= 11 is 0. The lowest BCUT2D eigenvalue weighted by atomic mass is 9.74. The zero-order chi connectivity index (χ0) is 22.7. The second-order valence-corrected chi connectivity index (χ2v) is 8.07. The van der Waals surface area contributed by atoms with Crippen molar-refractivity contribution in [3.63, 3.8) is 0 Å². The van der Waals surface area contributed by atoms with E-state index in [1.807, 2.05) is 38.1 Å². The fourth-order valence-corrected chi connectivity index (χ4v) is 3.77. The molecule has 0 radical (unpaired) electrons. The minimum absolute atomic E-state index is 0.0335. The predicted octanol–water partition coefficient (Wildman–Crippen LogP) is 5.41. The molecule has 1 aliphatic rings. The number of alkyl halides is 1. The van der Waals surface area contributed by atoms with Gasteiger partial charge in [0.15, 0.2) is 5.82 Å². The molecule has 6 nitrogen and oxygen atoms in total. The number of phenolic OH excluding ortho intramolecular Hbond substituents is 1. The Labute approximate surface area is 186 Å². The number of halogens is 1. The van der Waals surface area contributed by atoms with Gasteiger partial charge >= 0.3 is 0 Å². The van der Waals surface area contributed by atoms with Crippen molar-refractivity contribution in [2.45, 2.75) is 32.9 Å². The van der Waals surface area contributed by atoms with Crippen molar-refractivity contribution in [1.82, 2.24) is 20.2 Å². The Morgan fingerprint density at radius 1 is 1.19 bits per heavy atom. The molecule has 2 heterocycles. The Morgan fingerprint density at radius 3 is 2.69 bits per heavy atom. The maximum Gasteiger partial charge on any atom is 0.213 e. The van der Waals surface area contributed by atoms with Crippen molar-refractivity contribution in [2.75, 3.05) is 7.11 Å². The zero-order valence-corrected chi connectivity index (χ0v) is 18.3. The van der Waals surface area contributed by atoms with Gasteiger partial charge in [-0.1, -0.05) is 32.1 Å². The van der Waals surface area contributed by atoms with E-state index in [0.717, 1.165) is 11.1 Å². The van der Waals surface area contributed by atoms with Crippen LogP contribution in [0.3, 0.4) is 0 Å². The summed E-state index contributed by atoms with van der Waals surface area (Å²) in [6, 6.07) is 8.85. The van der Waals surface area contributed by atoms with Crippen LogP contribution in [0, 0.1) is 5.41 Å². The van der Waals surface area contributed by atoms with Crippen LogP contribution in [0.2, 0.25) is 0 Å². The van der Waals surface area contributed by atoms with Gasteiger partial charge in [-0.25, -0.2) is 14.4 Å². The van der Waals surface area contributed by atoms with Gasteiger partial charge in [-0.3, -0.25) is 0 Å². The minimum atomic E-state index is -1.07. The fraction of sp³-hybridized carbons (Fsp3) is 0.280. The number of hydrogen-bond donors (Lipinski definition) is 1. The van der Waals surface area contributed by atoms with E-state index in [9.17, 15) is 9.50 Å². The van der Waals surface area contributed by atoms with Crippen LogP contribution in [0.1, 0.15) is 32.4 Å². The van der Waals surface area contributed by atoms with Crippen molar-refractivity contribution in [3.05, 3.63) is 66.1 Å². The number of benzene rings is 1. The first-order valence-corrected chi connectivity index (χ1v) is 10.5. The van der Waals surface area contributed by atoms with E-state index >= 15 is 0 Å². The molecule has 0 amide bonds. The van der Waals surface area contributed by atoms with Crippen molar-refractivity contribution >= 4 is 6.08 Å². The van der Waals surface area contributed by atoms with Crippen LogP contribution in [0.4, 0.5) is 4.39 Å². The topological polar surface area (TPSA) is 81.0 Å². The lowest BCUT2D eigenvalue weighted by molar-refractivity contribution is 0.194. The summed E-state index contributed by atoms with van der Waals surface area (Å²) in [5.74, 6) is 0.819. The number of allylic oxidation sites excluding steroid dienone is 3. The molecule has 0 fully saturated rings. The van der Waals surface area contributed by atoms with Crippen LogP contribution in [0.5, 0.6) is 11.6 Å². The minimum Gasteiger partial charge on any atom is -0.507 e. The molecule has 164 valence electrons. The van der Waals surface area contributed by atoms with Gasteiger partial charge in [-0.2, -0.15) is 0 Å². The Hall–Kier alpha value is -3.61. The Morgan fingerprint density at radius 2 is 2.00 bits per heavy atom. The van der Waals surface area contributed by atoms with Crippen LogP contribution in [0.15, 0.2) is 60.5 Å². The van der Waals surface area contributed by atoms with E-state index in [0.29, 0.717) is 41.4 Å². The van der Waals surface area contributed by atoms with Gasteiger partial charge in [0.2, 0.25) is 5.88 Å². The lowest BCUT2D eigenvalue weighted by Gasteiger charge is -2.33. The van der Waals surface area contributed by atoms with Gasteiger partial charge in [0.25, 0.3) is 0 Å². The summed E-state index contributed by atoms with van der Waals surface area (Å²) in [7, 11) is 1.55. The van der Waals surface area contributed by atoms with E-state index in [1.54, 1.807) is 43.8 Å². The molecule has 0 unspecified atom stereocenters. The molecule has 7 heteroatoms. The van der Waals surface area contributed by atoms with Crippen molar-refractivity contribution < 1.29 is 14.2 Å². The Kier molecular flexibility index (Phi) is 5.99. The van der Waals surface area contributed by atoms with Crippen LogP contribution in [0.25, 0.3) is 28.6 Å². The van der Waals surface area contributed by atoms with E-state index in [1.165, 1.54) is 0 Å². The standard InChI is InChI=1S/C25H25FN4O2/c1-4-25(2)10-5-6-18(23(25)26)12-19-15-28-24(30-29-19)20-8-7-16(13-21(20)31)17-9-11-27-22(14-17)32-3/h5,7-15,23,31H,4,6H2,1-3H3/b18-12+/t23-,25+/m1/s1. The quantitative estimate of drug-likeness (QED) is 0.543. The fourth-order valence-electron chi connectivity index (χ4n) is 3.77. The number of phenols is 1. The second-order valence-electron chi connectivity index (χ2n) is 8.07. The molecule has 1 aliphatic carbocycles. The van der Waals surface area contributed by atoms with Gasteiger partial charge in [0, 0.05) is 17.7 Å². The maximum atomic E-state index is 15.0. The number of methoxy groups -OCH3 is 1. The van der Waals surface area contributed by atoms with E-state index < -0.39 is 11.6 Å². The maximum absolute atomic E-state index is 15.0. The summed E-state index contributed by atoms with van der Waals surface area (Å²) in [6.45, 7) is 3.90. The summed E-state index contributed by atoms with van der Waals surface area (Å²) < 4.78 is 20.1. The summed E-state index contributed by atoms with van der Waals surface area (Å²) in [5.41, 5.74) is 2.78. The number of hydrogen-bond acceptors (Lipinski definition) is 6. The smallest absolute Gasteiger partial charge is 0.213 e. The number of aromatic nitrogens is 4. The van der Waals surface area contributed by atoms with Crippen LogP contribution >= 0.6 is 0 Å². The van der Waals surface area contributed by atoms with Gasteiger partial charge in [-0.05, 0) is 53.8 Å². The predicted molar refractivity (Wildman–Crippen MR) is 122 cm³/mol. The first kappa shape index (κ1) is 21.6.